The average molecular weight is 348 g/mol. The summed E-state index contributed by atoms with van der Waals surface area (Å²) in [6.07, 6.45) is 3.22. The van der Waals surface area contributed by atoms with Crippen molar-refractivity contribution in [2.75, 3.05) is 5.32 Å². The van der Waals surface area contributed by atoms with Crippen LogP contribution in [0.25, 0.3) is 0 Å². The van der Waals surface area contributed by atoms with Crippen LogP contribution in [0.1, 0.15) is 39.5 Å². The van der Waals surface area contributed by atoms with Crippen LogP contribution in [0.2, 0.25) is 5.02 Å². The molecule has 0 aliphatic heterocycles. The standard InChI is InChI=1S/C14H20BrClN2O/c1-3-7-14(8-4-2,13(17)19)18-10-5-6-12(16)11(15)9-10/h5-6,9,18H,3-4,7-8H2,1-2H3,(H2,17,19). The molecular weight excluding hydrogens is 328 g/mol. The molecule has 1 amide bonds. The van der Waals surface area contributed by atoms with Gasteiger partial charge in [0, 0.05) is 10.2 Å². The second-order valence-corrected chi connectivity index (χ2v) is 5.96. The molecule has 0 fully saturated rings. The molecule has 19 heavy (non-hydrogen) atoms. The Morgan fingerprint density at radius 2 is 1.95 bits per heavy atom. The van der Waals surface area contributed by atoms with Crippen LogP contribution in [-0.4, -0.2) is 11.4 Å². The number of halogens is 2. The fourth-order valence-electron chi connectivity index (χ4n) is 2.26. The second-order valence-electron chi connectivity index (χ2n) is 4.70. The summed E-state index contributed by atoms with van der Waals surface area (Å²) < 4.78 is 0.797. The zero-order valence-corrected chi connectivity index (χ0v) is 13.6. The van der Waals surface area contributed by atoms with Gasteiger partial charge in [0.2, 0.25) is 5.91 Å². The summed E-state index contributed by atoms with van der Waals surface area (Å²) in [6, 6.07) is 5.51. The zero-order chi connectivity index (χ0) is 14.5. The van der Waals surface area contributed by atoms with Crippen LogP contribution in [0.3, 0.4) is 0 Å². The molecule has 1 aromatic rings. The van der Waals surface area contributed by atoms with Crippen molar-refractivity contribution in [3.63, 3.8) is 0 Å². The van der Waals surface area contributed by atoms with E-state index >= 15 is 0 Å². The number of nitrogens with one attached hydrogen (secondary N) is 1. The molecule has 3 nitrogen and oxygen atoms in total. The molecule has 0 bridgehead atoms. The minimum absolute atomic E-state index is 0.303. The van der Waals surface area contributed by atoms with Gasteiger partial charge in [-0.2, -0.15) is 0 Å². The van der Waals surface area contributed by atoms with Gasteiger partial charge in [0.25, 0.3) is 0 Å². The molecule has 3 N–H and O–H groups in total. The number of carbonyl (C=O) groups is 1. The summed E-state index contributed by atoms with van der Waals surface area (Å²) in [5, 5.41) is 3.94. The van der Waals surface area contributed by atoms with Crippen LogP contribution in [0.15, 0.2) is 22.7 Å². The van der Waals surface area contributed by atoms with E-state index in [-0.39, 0.29) is 5.91 Å². The molecule has 0 saturated heterocycles. The quantitative estimate of drug-likeness (QED) is 0.771. The zero-order valence-electron chi connectivity index (χ0n) is 11.3. The smallest absolute Gasteiger partial charge is 0.243 e. The van der Waals surface area contributed by atoms with E-state index in [1.165, 1.54) is 0 Å². The third-order valence-electron chi connectivity index (χ3n) is 3.13. The Kier molecular flexibility index (Phi) is 6.14. The van der Waals surface area contributed by atoms with Crippen LogP contribution >= 0.6 is 27.5 Å². The first-order valence-electron chi connectivity index (χ1n) is 6.48. The number of carbonyl (C=O) groups excluding carboxylic acids is 1. The minimum atomic E-state index is -0.684. The molecule has 0 aromatic heterocycles. The molecular formula is C14H20BrClN2O. The maximum atomic E-state index is 11.9. The van der Waals surface area contributed by atoms with Gasteiger partial charge >= 0.3 is 0 Å². The van der Waals surface area contributed by atoms with Crippen molar-refractivity contribution in [3.05, 3.63) is 27.7 Å². The van der Waals surface area contributed by atoms with Crippen molar-refractivity contribution in [2.45, 2.75) is 45.1 Å². The maximum Gasteiger partial charge on any atom is 0.243 e. The van der Waals surface area contributed by atoms with Crippen molar-refractivity contribution in [2.24, 2.45) is 5.73 Å². The number of hydrogen-bond acceptors (Lipinski definition) is 2. The van der Waals surface area contributed by atoms with Crippen LogP contribution in [0.4, 0.5) is 5.69 Å². The van der Waals surface area contributed by atoms with Gasteiger partial charge < -0.3 is 11.1 Å². The van der Waals surface area contributed by atoms with Gasteiger partial charge in [0.1, 0.15) is 5.54 Å². The van der Waals surface area contributed by atoms with Crippen LogP contribution < -0.4 is 11.1 Å². The summed E-state index contributed by atoms with van der Waals surface area (Å²) >= 11 is 9.35. The predicted octanol–water partition coefficient (Wildman–Crippen LogP) is 4.34. The molecule has 0 aliphatic rings. The van der Waals surface area contributed by atoms with Crippen molar-refractivity contribution in [1.82, 2.24) is 0 Å². The van der Waals surface area contributed by atoms with E-state index in [0.29, 0.717) is 5.02 Å². The van der Waals surface area contributed by atoms with E-state index < -0.39 is 5.54 Å². The van der Waals surface area contributed by atoms with Gasteiger partial charge in [-0.25, -0.2) is 0 Å². The SMILES string of the molecule is CCCC(CCC)(Nc1ccc(Cl)c(Br)c1)C(N)=O. The first-order valence-corrected chi connectivity index (χ1v) is 7.65. The van der Waals surface area contributed by atoms with E-state index in [0.717, 1.165) is 35.8 Å². The summed E-state index contributed by atoms with van der Waals surface area (Å²) in [5.41, 5.74) is 5.78. The van der Waals surface area contributed by atoms with Gasteiger partial charge in [-0.05, 0) is 47.0 Å². The number of benzene rings is 1. The Morgan fingerprint density at radius 3 is 2.37 bits per heavy atom. The largest absolute Gasteiger partial charge is 0.371 e. The highest BCUT2D eigenvalue weighted by Gasteiger charge is 2.34. The lowest BCUT2D eigenvalue weighted by atomic mass is 9.87. The van der Waals surface area contributed by atoms with Gasteiger partial charge in [-0.15, -0.1) is 0 Å². The van der Waals surface area contributed by atoms with Gasteiger partial charge in [-0.3, -0.25) is 4.79 Å². The summed E-state index contributed by atoms with van der Waals surface area (Å²) in [6.45, 7) is 4.10. The van der Waals surface area contributed by atoms with Gasteiger partial charge in [0.15, 0.2) is 0 Å². The van der Waals surface area contributed by atoms with E-state index in [4.69, 9.17) is 17.3 Å². The fraction of sp³-hybridized carbons (Fsp3) is 0.500. The molecule has 1 aromatic carbocycles. The number of primary amides is 1. The average Bonchev–Trinajstić information content (AvgIpc) is 2.34. The van der Waals surface area contributed by atoms with E-state index in [9.17, 15) is 4.79 Å². The van der Waals surface area contributed by atoms with Crippen molar-refractivity contribution in [1.29, 1.82) is 0 Å². The third kappa shape index (κ3) is 4.11. The number of amides is 1. The molecule has 1 rings (SSSR count). The lowest BCUT2D eigenvalue weighted by molar-refractivity contribution is -0.122. The van der Waals surface area contributed by atoms with Crippen LogP contribution in [-0.2, 0) is 4.79 Å². The van der Waals surface area contributed by atoms with Crippen molar-refractivity contribution >= 4 is 39.1 Å². The van der Waals surface area contributed by atoms with Gasteiger partial charge in [-0.1, -0.05) is 38.3 Å². The molecule has 106 valence electrons. The van der Waals surface area contributed by atoms with Crippen molar-refractivity contribution < 1.29 is 4.79 Å². The second kappa shape index (κ2) is 7.15. The number of hydrogen-bond donors (Lipinski definition) is 2. The van der Waals surface area contributed by atoms with E-state index in [1.807, 2.05) is 26.0 Å². The molecule has 0 heterocycles. The van der Waals surface area contributed by atoms with Crippen LogP contribution in [0, 0.1) is 0 Å². The topological polar surface area (TPSA) is 55.1 Å². The van der Waals surface area contributed by atoms with Crippen molar-refractivity contribution in [3.8, 4) is 0 Å². The molecule has 0 radical (unpaired) electrons. The third-order valence-corrected chi connectivity index (χ3v) is 4.34. The summed E-state index contributed by atoms with van der Waals surface area (Å²) in [5.74, 6) is -0.303. The molecule has 0 saturated carbocycles. The maximum absolute atomic E-state index is 11.9. The highest BCUT2D eigenvalue weighted by Crippen LogP contribution is 2.30. The minimum Gasteiger partial charge on any atom is -0.371 e. The summed E-state index contributed by atoms with van der Waals surface area (Å²) in [4.78, 5) is 11.9. The molecule has 0 atom stereocenters. The number of anilines is 1. The first kappa shape index (κ1) is 16.3. The van der Waals surface area contributed by atoms with Crippen LogP contribution in [0.5, 0.6) is 0 Å². The molecule has 5 heteroatoms. The summed E-state index contributed by atoms with van der Waals surface area (Å²) in [7, 11) is 0. The molecule has 0 aliphatic carbocycles. The Morgan fingerprint density at radius 1 is 1.37 bits per heavy atom. The first-order chi connectivity index (χ1) is 8.95. The Bertz CT molecular complexity index is 445. The molecule has 0 spiro atoms. The van der Waals surface area contributed by atoms with E-state index in [1.54, 1.807) is 6.07 Å². The molecule has 0 unspecified atom stereocenters. The predicted molar refractivity (Wildman–Crippen MR) is 84.5 cm³/mol. The van der Waals surface area contributed by atoms with Gasteiger partial charge in [0.05, 0.1) is 5.02 Å². The fourth-order valence-corrected chi connectivity index (χ4v) is 2.76. The Hall–Kier alpha value is -0.740. The lowest BCUT2D eigenvalue weighted by Gasteiger charge is -2.32. The van der Waals surface area contributed by atoms with E-state index in [2.05, 4.69) is 21.2 Å². The monoisotopic (exact) mass is 346 g/mol. The normalized spacial score (nSPS) is 11.4. The Balaban J connectivity index is 3.04. The lowest BCUT2D eigenvalue weighted by Crippen LogP contribution is -2.50. The highest BCUT2D eigenvalue weighted by molar-refractivity contribution is 9.10. The number of rotatable bonds is 7. The Labute approximate surface area is 128 Å². The highest BCUT2D eigenvalue weighted by atomic mass is 79.9. The number of nitrogens with two attached hydrogens (primary N) is 1.